The molecule has 7 nitrogen and oxygen atoms in total. The Labute approximate surface area is 155 Å². The first-order valence-electron chi connectivity index (χ1n) is 8.30. The number of nitrogens with one attached hydrogen (secondary N) is 2. The summed E-state index contributed by atoms with van der Waals surface area (Å²) in [7, 11) is 3.27. The van der Waals surface area contributed by atoms with Crippen molar-refractivity contribution in [3.63, 3.8) is 0 Å². The number of rotatable bonds is 4. The predicted molar refractivity (Wildman–Crippen MR) is 103 cm³/mol. The number of ether oxygens (including phenoxy) is 1. The van der Waals surface area contributed by atoms with Gasteiger partial charge in [-0.2, -0.15) is 0 Å². The maximum atomic E-state index is 12.2. The number of hydrogen-bond donors (Lipinski definition) is 3. The van der Waals surface area contributed by atoms with E-state index in [9.17, 15) is 4.79 Å². The fourth-order valence-corrected chi connectivity index (χ4v) is 3.89. The number of aliphatic imine (C=N–C) groups is 1. The minimum atomic E-state index is 0.0154. The average molecular weight is 369 g/mol. The van der Waals surface area contributed by atoms with Gasteiger partial charge >= 0.3 is 0 Å². The Morgan fingerprint density at radius 2 is 2.23 bits per heavy atom. The van der Waals surface area contributed by atoms with Crippen LogP contribution in [0.3, 0.4) is 0 Å². The van der Waals surface area contributed by atoms with Crippen LogP contribution in [-0.2, 0) is 4.79 Å². The molecule has 4 rings (SSSR count). The van der Waals surface area contributed by atoms with Gasteiger partial charge < -0.3 is 21.1 Å². The fourth-order valence-electron chi connectivity index (χ4n) is 2.81. The molecule has 1 saturated carbocycles. The van der Waals surface area contributed by atoms with Crippen molar-refractivity contribution in [2.45, 2.75) is 22.6 Å². The van der Waals surface area contributed by atoms with Crippen LogP contribution in [0.1, 0.15) is 18.4 Å². The molecule has 0 saturated heterocycles. The van der Waals surface area contributed by atoms with E-state index < -0.39 is 0 Å². The summed E-state index contributed by atoms with van der Waals surface area (Å²) in [6.45, 7) is 0. The third kappa shape index (κ3) is 2.86. The number of pyridine rings is 1. The summed E-state index contributed by atoms with van der Waals surface area (Å²) >= 11 is 1.52. The SMILES string of the molecule is CN=C(N)c1cnc(NC(=O)C2CC2)c2c1Nc1c(OC)cccc1S2. The molecule has 8 heteroatoms. The van der Waals surface area contributed by atoms with Gasteiger partial charge in [0.2, 0.25) is 5.91 Å². The molecule has 1 fully saturated rings. The molecule has 4 N–H and O–H groups in total. The van der Waals surface area contributed by atoms with E-state index in [0.29, 0.717) is 17.2 Å². The van der Waals surface area contributed by atoms with Crippen molar-refractivity contribution in [3.8, 4) is 5.75 Å². The Morgan fingerprint density at radius 3 is 2.92 bits per heavy atom. The molecule has 26 heavy (non-hydrogen) atoms. The molecular formula is C18H19N5O2S. The van der Waals surface area contributed by atoms with Crippen LogP contribution in [0, 0.1) is 5.92 Å². The molecule has 1 aliphatic heterocycles. The quantitative estimate of drug-likeness (QED) is 0.483. The van der Waals surface area contributed by atoms with Crippen LogP contribution >= 0.6 is 11.8 Å². The van der Waals surface area contributed by atoms with Crippen LogP contribution in [0.4, 0.5) is 17.2 Å². The minimum Gasteiger partial charge on any atom is -0.495 e. The third-order valence-corrected chi connectivity index (χ3v) is 5.57. The minimum absolute atomic E-state index is 0.0154. The average Bonchev–Trinajstić information content (AvgIpc) is 3.51. The molecule has 2 aromatic rings. The Balaban J connectivity index is 1.81. The molecule has 0 spiro atoms. The highest BCUT2D eigenvalue weighted by molar-refractivity contribution is 8.00. The largest absolute Gasteiger partial charge is 0.495 e. The highest BCUT2D eigenvalue weighted by atomic mass is 32.2. The monoisotopic (exact) mass is 369 g/mol. The number of carbonyl (C=O) groups is 1. The lowest BCUT2D eigenvalue weighted by atomic mass is 10.1. The Hall–Kier alpha value is -2.74. The first kappa shape index (κ1) is 16.7. The highest BCUT2D eigenvalue weighted by Crippen LogP contribution is 2.51. The van der Waals surface area contributed by atoms with Crippen molar-refractivity contribution in [1.29, 1.82) is 0 Å². The van der Waals surface area contributed by atoms with Crippen LogP contribution < -0.4 is 21.1 Å². The number of para-hydroxylation sites is 1. The molecule has 0 unspecified atom stereocenters. The Bertz CT molecular complexity index is 924. The number of nitrogens with two attached hydrogens (primary N) is 1. The topological polar surface area (TPSA) is 102 Å². The first-order valence-corrected chi connectivity index (χ1v) is 9.12. The maximum Gasteiger partial charge on any atom is 0.228 e. The molecule has 0 atom stereocenters. The summed E-state index contributed by atoms with van der Waals surface area (Å²) in [5, 5.41) is 6.36. The molecule has 0 radical (unpaired) electrons. The van der Waals surface area contributed by atoms with Crippen molar-refractivity contribution in [2.75, 3.05) is 24.8 Å². The molecule has 134 valence electrons. The van der Waals surface area contributed by atoms with Crippen LogP contribution in [0.5, 0.6) is 5.75 Å². The van der Waals surface area contributed by atoms with E-state index in [4.69, 9.17) is 10.5 Å². The van der Waals surface area contributed by atoms with Crippen LogP contribution in [0.15, 0.2) is 39.2 Å². The van der Waals surface area contributed by atoms with Gasteiger partial charge in [0.05, 0.1) is 28.9 Å². The van der Waals surface area contributed by atoms with Crippen molar-refractivity contribution < 1.29 is 9.53 Å². The van der Waals surface area contributed by atoms with Crippen molar-refractivity contribution >= 4 is 40.7 Å². The van der Waals surface area contributed by atoms with Crippen LogP contribution in [0.2, 0.25) is 0 Å². The summed E-state index contributed by atoms with van der Waals surface area (Å²) in [4.78, 5) is 22.6. The van der Waals surface area contributed by atoms with Gasteiger partial charge in [0, 0.05) is 24.1 Å². The molecule has 1 aliphatic carbocycles. The number of amidine groups is 1. The van der Waals surface area contributed by atoms with Crippen LogP contribution in [0.25, 0.3) is 0 Å². The van der Waals surface area contributed by atoms with E-state index in [1.54, 1.807) is 20.4 Å². The lowest BCUT2D eigenvalue weighted by Crippen LogP contribution is -2.20. The van der Waals surface area contributed by atoms with E-state index in [0.717, 1.165) is 39.8 Å². The van der Waals surface area contributed by atoms with Crippen molar-refractivity contribution in [2.24, 2.45) is 16.6 Å². The van der Waals surface area contributed by atoms with Gasteiger partial charge in [0.25, 0.3) is 0 Å². The molecule has 2 heterocycles. The number of amides is 1. The molecule has 0 bridgehead atoms. The van der Waals surface area contributed by atoms with Gasteiger partial charge in [0.1, 0.15) is 17.4 Å². The number of fused-ring (bicyclic) bond motifs is 2. The first-order chi connectivity index (χ1) is 12.6. The molecule has 1 aromatic heterocycles. The smallest absolute Gasteiger partial charge is 0.228 e. The number of methoxy groups -OCH3 is 1. The van der Waals surface area contributed by atoms with E-state index in [2.05, 4.69) is 20.6 Å². The van der Waals surface area contributed by atoms with E-state index in [1.807, 2.05) is 18.2 Å². The highest BCUT2D eigenvalue weighted by Gasteiger charge is 2.32. The molecule has 1 aromatic carbocycles. The molecule has 1 amide bonds. The normalized spacial score (nSPS) is 15.5. The van der Waals surface area contributed by atoms with Gasteiger partial charge in [0.15, 0.2) is 0 Å². The summed E-state index contributed by atoms with van der Waals surface area (Å²) in [5.74, 6) is 1.76. The summed E-state index contributed by atoms with van der Waals surface area (Å²) in [5.41, 5.74) is 8.39. The van der Waals surface area contributed by atoms with Crippen molar-refractivity contribution in [3.05, 3.63) is 30.0 Å². The lowest BCUT2D eigenvalue weighted by molar-refractivity contribution is -0.117. The molecular weight excluding hydrogens is 350 g/mol. The maximum absolute atomic E-state index is 12.2. The zero-order valence-electron chi connectivity index (χ0n) is 14.5. The second-order valence-corrected chi connectivity index (χ2v) is 7.21. The van der Waals surface area contributed by atoms with Gasteiger partial charge in [-0.3, -0.25) is 9.79 Å². The van der Waals surface area contributed by atoms with Gasteiger partial charge in [-0.05, 0) is 25.0 Å². The summed E-state index contributed by atoms with van der Waals surface area (Å²) in [6, 6.07) is 5.82. The summed E-state index contributed by atoms with van der Waals surface area (Å²) < 4.78 is 5.47. The van der Waals surface area contributed by atoms with Crippen molar-refractivity contribution in [1.82, 2.24) is 4.98 Å². The van der Waals surface area contributed by atoms with E-state index in [-0.39, 0.29) is 11.8 Å². The molecule has 2 aliphatic rings. The second kappa shape index (κ2) is 6.53. The number of anilines is 3. The number of carbonyl (C=O) groups excluding carboxylic acids is 1. The fraction of sp³-hybridized carbons (Fsp3) is 0.278. The zero-order chi connectivity index (χ0) is 18.3. The Morgan fingerprint density at radius 1 is 1.42 bits per heavy atom. The number of aromatic nitrogens is 1. The van der Waals surface area contributed by atoms with Gasteiger partial charge in [-0.15, -0.1) is 0 Å². The van der Waals surface area contributed by atoms with E-state index in [1.165, 1.54) is 11.8 Å². The Kier molecular flexibility index (Phi) is 4.20. The zero-order valence-corrected chi connectivity index (χ0v) is 15.3. The van der Waals surface area contributed by atoms with Gasteiger partial charge in [-0.25, -0.2) is 4.98 Å². The number of hydrogen-bond acceptors (Lipinski definition) is 6. The predicted octanol–water partition coefficient (Wildman–Crippen LogP) is 2.98. The van der Waals surface area contributed by atoms with Gasteiger partial charge in [-0.1, -0.05) is 17.8 Å². The lowest BCUT2D eigenvalue weighted by Gasteiger charge is -2.26. The third-order valence-electron chi connectivity index (χ3n) is 4.41. The number of benzene rings is 1. The second-order valence-electron chi connectivity index (χ2n) is 6.16. The van der Waals surface area contributed by atoms with Crippen LogP contribution in [-0.4, -0.2) is 30.9 Å². The summed E-state index contributed by atoms with van der Waals surface area (Å²) in [6.07, 6.45) is 3.51. The standard InChI is InChI=1S/C18H19N5O2S/c1-20-16(19)10-8-21-17(23-18(24)9-6-7-9)15-13(10)22-14-11(25-2)4-3-5-12(14)26-15/h3-5,8-9,22H,6-7H2,1-2H3,(H2,19,20)(H,21,23,24). The number of nitrogens with zero attached hydrogens (tertiary/aromatic N) is 2. The van der Waals surface area contributed by atoms with E-state index >= 15 is 0 Å².